The molecule has 1 heterocycles. The van der Waals surface area contributed by atoms with Crippen molar-refractivity contribution in [2.24, 2.45) is 0 Å². The van der Waals surface area contributed by atoms with E-state index in [9.17, 15) is 0 Å². The maximum atomic E-state index is 3.72. The summed E-state index contributed by atoms with van der Waals surface area (Å²) in [5, 5.41) is 7.38. The van der Waals surface area contributed by atoms with E-state index in [1.54, 1.807) is 0 Å². The molecule has 2 unspecified atom stereocenters. The first-order valence-electron chi connectivity index (χ1n) is 7.49. The molecule has 1 aliphatic heterocycles. The summed E-state index contributed by atoms with van der Waals surface area (Å²) in [7, 11) is 0. The average Bonchev–Trinajstić information content (AvgIpc) is 2.55. The quantitative estimate of drug-likeness (QED) is 0.820. The van der Waals surface area contributed by atoms with Gasteiger partial charge in [0.2, 0.25) is 0 Å². The summed E-state index contributed by atoms with van der Waals surface area (Å²) in [5.74, 6) is 0. The summed E-state index contributed by atoms with van der Waals surface area (Å²) in [6.07, 6.45) is 2.48. The van der Waals surface area contributed by atoms with E-state index in [1.807, 2.05) is 0 Å². The lowest BCUT2D eigenvalue weighted by molar-refractivity contribution is 0.304. The highest BCUT2D eigenvalue weighted by Gasteiger charge is 2.25. The minimum absolute atomic E-state index is 0. The van der Waals surface area contributed by atoms with Crippen molar-refractivity contribution in [2.45, 2.75) is 31.5 Å². The summed E-state index contributed by atoms with van der Waals surface area (Å²) in [6.45, 7) is 2.06. The minimum Gasteiger partial charge on any atom is -0.309 e. The predicted molar refractivity (Wildman–Crippen MR) is 105 cm³/mol. The monoisotopic (exact) mass is 374 g/mol. The summed E-state index contributed by atoms with van der Waals surface area (Å²) >= 11 is 0. The van der Waals surface area contributed by atoms with Crippen molar-refractivity contribution >= 4 is 37.2 Å². The highest BCUT2D eigenvalue weighted by molar-refractivity contribution is 5.86. The van der Waals surface area contributed by atoms with Gasteiger partial charge in [-0.2, -0.15) is 0 Å². The van der Waals surface area contributed by atoms with E-state index in [0.29, 0.717) is 12.1 Å². The molecule has 1 aliphatic rings. The van der Waals surface area contributed by atoms with Crippen LogP contribution in [0.4, 0.5) is 0 Å². The van der Waals surface area contributed by atoms with Crippen molar-refractivity contribution in [3.05, 3.63) is 71.8 Å². The topological polar surface area (TPSA) is 24.1 Å². The number of benzene rings is 2. The van der Waals surface area contributed by atoms with Crippen molar-refractivity contribution in [3.63, 3.8) is 0 Å². The van der Waals surface area contributed by atoms with Crippen LogP contribution in [0.5, 0.6) is 0 Å². The van der Waals surface area contributed by atoms with Gasteiger partial charge in [0.05, 0.1) is 0 Å². The molecule has 0 bridgehead atoms. The maximum Gasteiger partial charge on any atom is 0.0476 e. The second kappa shape index (κ2) is 11.7. The van der Waals surface area contributed by atoms with Crippen molar-refractivity contribution in [3.8, 4) is 0 Å². The second-order valence-electron chi connectivity index (χ2n) is 5.46. The van der Waals surface area contributed by atoms with Gasteiger partial charge in [-0.3, -0.25) is 0 Å². The summed E-state index contributed by atoms with van der Waals surface area (Å²) in [5.41, 5.74) is 2.74. The Kier molecular flexibility index (Phi) is 11.3. The third kappa shape index (κ3) is 6.33. The fraction of sp³-hybridized carbons (Fsp3) is 0.333. The lowest BCUT2D eigenvalue weighted by atomic mass is 9.92. The zero-order valence-corrected chi connectivity index (χ0v) is 15.4. The molecule has 0 spiro atoms. The molecule has 0 radical (unpaired) electrons. The lowest BCUT2D eigenvalue weighted by Gasteiger charge is -2.34. The molecule has 23 heavy (non-hydrogen) atoms. The third-order valence-electron chi connectivity index (χ3n) is 4.03. The van der Waals surface area contributed by atoms with E-state index in [2.05, 4.69) is 71.3 Å². The first-order chi connectivity index (χ1) is 9.93. The van der Waals surface area contributed by atoms with E-state index >= 15 is 0 Å². The van der Waals surface area contributed by atoms with Gasteiger partial charge in [0, 0.05) is 18.6 Å². The van der Waals surface area contributed by atoms with Gasteiger partial charge in [0.1, 0.15) is 0 Å². The van der Waals surface area contributed by atoms with E-state index < -0.39 is 0 Å². The Morgan fingerprint density at radius 1 is 0.870 bits per heavy atom. The van der Waals surface area contributed by atoms with Crippen LogP contribution in [0.2, 0.25) is 0 Å². The number of hydrogen-bond donors (Lipinski definition) is 2. The van der Waals surface area contributed by atoms with E-state index in [0.717, 1.165) is 13.1 Å². The molecule has 5 heteroatoms. The minimum atomic E-state index is 0. The maximum absolute atomic E-state index is 3.72. The van der Waals surface area contributed by atoms with Crippen molar-refractivity contribution in [1.82, 2.24) is 10.6 Å². The molecule has 2 nitrogen and oxygen atoms in total. The normalized spacial score (nSPS) is 19.7. The van der Waals surface area contributed by atoms with Crippen LogP contribution in [-0.4, -0.2) is 12.6 Å². The Hall–Kier alpha value is -0.770. The predicted octanol–water partition coefficient (Wildman–Crippen LogP) is 4.53. The fourth-order valence-corrected chi connectivity index (χ4v) is 2.96. The highest BCUT2D eigenvalue weighted by atomic mass is 35.5. The van der Waals surface area contributed by atoms with Crippen LogP contribution in [0.15, 0.2) is 60.7 Å². The Morgan fingerprint density at radius 3 is 2.13 bits per heavy atom. The molecular weight excluding hydrogens is 351 g/mol. The van der Waals surface area contributed by atoms with E-state index in [-0.39, 0.29) is 37.2 Å². The smallest absolute Gasteiger partial charge is 0.0476 e. The first-order valence-corrected chi connectivity index (χ1v) is 7.49. The van der Waals surface area contributed by atoms with Gasteiger partial charge in [0.15, 0.2) is 0 Å². The summed E-state index contributed by atoms with van der Waals surface area (Å²) in [6, 6.07) is 22.3. The van der Waals surface area contributed by atoms with Gasteiger partial charge in [0.25, 0.3) is 0 Å². The Morgan fingerprint density at radius 2 is 1.48 bits per heavy atom. The molecule has 0 saturated carbocycles. The number of hydrogen-bond acceptors (Lipinski definition) is 2. The molecule has 0 aromatic heterocycles. The number of halogens is 3. The van der Waals surface area contributed by atoms with Gasteiger partial charge < -0.3 is 10.6 Å². The van der Waals surface area contributed by atoms with Crippen LogP contribution in [0.1, 0.15) is 30.0 Å². The van der Waals surface area contributed by atoms with Crippen LogP contribution >= 0.6 is 37.2 Å². The van der Waals surface area contributed by atoms with Gasteiger partial charge in [-0.1, -0.05) is 60.7 Å². The Labute approximate surface area is 157 Å². The van der Waals surface area contributed by atoms with Crippen LogP contribution in [0.3, 0.4) is 0 Å². The number of rotatable bonds is 4. The average molecular weight is 376 g/mol. The zero-order chi connectivity index (χ0) is 13.6. The van der Waals surface area contributed by atoms with Crippen LogP contribution in [0, 0.1) is 0 Å². The number of nitrogens with one attached hydrogen (secondary N) is 2. The number of piperidine rings is 1. The molecule has 0 aliphatic carbocycles. The highest BCUT2D eigenvalue weighted by Crippen LogP contribution is 2.23. The molecule has 1 saturated heterocycles. The van der Waals surface area contributed by atoms with E-state index in [1.165, 1.54) is 24.0 Å². The molecule has 2 aromatic carbocycles. The Balaban J connectivity index is 0.00000161. The molecule has 1 fully saturated rings. The molecule has 3 rings (SSSR count). The zero-order valence-electron chi connectivity index (χ0n) is 13.0. The summed E-state index contributed by atoms with van der Waals surface area (Å²) in [4.78, 5) is 0. The van der Waals surface area contributed by atoms with E-state index in [4.69, 9.17) is 0 Å². The van der Waals surface area contributed by atoms with Crippen LogP contribution in [0.25, 0.3) is 0 Å². The van der Waals surface area contributed by atoms with Crippen LogP contribution < -0.4 is 10.6 Å². The molecular formula is C18H25Cl3N2. The molecule has 128 valence electrons. The molecule has 2 atom stereocenters. The van der Waals surface area contributed by atoms with Gasteiger partial charge in [-0.05, 0) is 30.5 Å². The largest absolute Gasteiger partial charge is 0.309 e. The molecule has 2 N–H and O–H groups in total. The Bertz CT molecular complexity index is 522. The molecule has 2 aromatic rings. The van der Waals surface area contributed by atoms with Crippen molar-refractivity contribution in [1.29, 1.82) is 0 Å². The van der Waals surface area contributed by atoms with Gasteiger partial charge >= 0.3 is 0 Å². The lowest BCUT2D eigenvalue weighted by Crippen LogP contribution is -2.45. The van der Waals surface area contributed by atoms with Gasteiger partial charge in [-0.15, -0.1) is 37.2 Å². The van der Waals surface area contributed by atoms with Crippen molar-refractivity contribution < 1.29 is 0 Å². The standard InChI is InChI=1S/C18H22N2.3ClH/c1-3-8-15(9-4-1)14-20-17-12-7-13-19-18(17)16-10-5-2-6-11-16;;;/h1-6,8-11,17-20H,7,12-14H2;3*1H. The van der Waals surface area contributed by atoms with Crippen LogP contribution in [-0.2, 0) is 6.54 Å². The first kappa shape index (κ1) is 22.2. The molecule has 0 amide bonds. The summed E-state index contributed by atoms with van der Waals surface area (Å²) < 4.78 is 0. The fourth-order valence-electron chi connectivity index (χ4n) is 2.96. The second-order valence-corrected chi connectivity index (χ2v) is 5.46. The van der Waals surface area contributed by atoms with Crippen molar-refractivity contribution in [2.75, 3.05) is 6.54 Å². The SMILES string of the molecule is Cl.Cl.Cl.c1ccc(CNC2CCCNC2c2ccccc2)cc1. The third-order valence-corrected chi connectivity index (χ3v) is 4.03. The van der Waals surface area contributed by atoms with Gasteiger partial charge in [-0.25, -0.2) is 0 Å².